The van der Waals surface area contributed by atoms with E-state index < -0.39 is 0 Å². The van der Waals surface area contributed by atoms with Gasteiger partial charge in [-0.3, -0.25) is 4.79 Å². The molecule has 1 heterocycles. The van der Waals surface area contributed by atoms with Crippen LogP contribution in [0.3, 0.4) is 0 Å². The third-order valence-electron chi connectivity index (χ3n) is 2.97. The smallest absolute Gasteiger partial charge is 0.302 e. The normalized spacial score (nSPS) is 25.4. The Kier molecular flexibility index (Phi) is 3.92. The number of rotatable bonds is 2. The molecule has 1 rings (SSSR count). The van der Waals surface area contributed by atoms with E-state index in [-0.39, 0.29) is 23.2 Å². The third-order valence-corrected chi connectivity index (χ3v) is 3.13. The molecule has 0 bridgehead atoms. The van der Waals surface area contributed by atoms with Crippen molar-refractivity contribution in [2.45, 2.75) is 64.6 Å². The molecule has 0 aliphatic carbocycles. The molecule has 4 nitrogen and oxygen atoms in total. The lowest BCUT2D eigenvalue weighted by atomic mass is 9.80. The molecule has 94 valence electrons. The first-order valence-corrected chi connectivity index (χ1v) is 5.85. The highest BCUT2D eigenvalue weighted by Crippen LogP contribution is 2.40. The van der Waals surface area contributed by atoms with Gasteiger partial charge >= 0.3 is 5.97 Å². The van der Waals surface area contributed by atoms with E-state index in [1.54, 1.807) is 0 Å². The molecule has 0 N–H and O–H groups in total. The predicted molar refractivity (Wildman–Crippen MR) is 64.9 cm³/mol. The molecule has 0 aromatic rings. The Hall–Kier alpha value is -0.260. The highest BCUT2D eigenvalue weighted by Gasteiger charge is 2.47. The Labute approximate surface area is 103 Å². The Morgan fingerprint density at radius 3 is 2.00 bits per heavy atom. The van der Waals surface area contributed by atoms with Crippen LogP contribution in [0.2, 0.25) is 0 Å². The molecule has 0 unspecified atom stereocenters. The van der Waals surface area contributed by atoms with Crippen molar-refractivity contribution < 1.29 is 13.8 Å². The summed E-state index contributed by atoms with van der Waals surface area (Å²) in [4.78, 5) is 11.0. The van der Waals surface area contributed by atoms with Gasteiger partial charge in [-0.25, -0.2) is 4.28 Å². The van der Waals surface area contributed by atoms with Crippen LogP contribution in [0.4, 0.5) is 0 Å². The fourth-order valence-corrected chi connectivity index (χ4v) is 3.15. The van der Waals surface area contributed by atoms with Gasteiger partial charge in [0.25, 0.3) is 0 Å². The lowest BCUT2D eigenvalue weighted by molar-refractivity contribution is -0.228. The molecule has 0 amide bonds. The zero-order valence-electron chi connectivity index (χ0n) is 10.6. The standard InChI is InChI=1S/C11H21NO3S/c1-8(13)14-9-6-10(2,3)12(15-16)11(4,5)7-9/h9,16H,6-7H2,1-5H3. The Morgan fingerprint density at radius 1 is 1.25 bits per heavy atom. The summed E-state index contributed by atoms with van der Waals surface area (Å²) in [5.41, 5.74) is -0.409. The average molecular weight is 247 g/mol. The van der Waals surface area contributed by atoms with Crippen molar-refractivity contribution in [1.82, 2.24) is 5.06 Å². The topological polar surface area (TPSA) is 38.8 Å². The van der Waals surface area contributed by atoms with E-state index in [1.165, 1.54) is 6.92 Å². The van der Waals surface area contributed by atoms with Gasteiger partial charge in [0.2, 0.25) is 0 Å². The van der Waals surface area contributed by atoms with Crippen LogP contribution in [0.25, 0.3) is 0 Å². The molecule has 0 atom stereocenters. The van der Waals surface area contributed by atoms with Gasteiger partial charge in [-0.2, -0.15) is 5.06 Å². The molecule has 5 heteroatoms. The van der Waals surface area contributed by atoms with Crippen molar-refractivity contribution in [3.8, 4) is 0 Å². The Bertz CT molecular complexity index is 260. The zero-order chi connectivity index (χ0) is 12.6. The number of thiol groups is 1. The zero-order valence-corrected chi connectivity index (χ0v) is 11.5. The summed E-state index contributed by atoms with van der Waals surface area (Å²) in [5.74, 6) is -0.225. The number of piperidine rings is 1. The number of esters is 1. The van der Waals surface area contributed by atoms with Crippen LogP contribution in [0.1, 0.15) is 47.5 Å². The van der Waals surface area contributed by atoms with Crippen molar-refractivity contribution >= 4 is 18.9 Å². The molecule has 1 aliphatic heterocycles. The van der Waals surface area contributed by atoms with Gasteiger partial charge < -0.3 is 4.74 Å². The van der Waals surface area contributed by atoms with Gasteiger partial charge in [-0.15, -0.1) is 0 Å². The summed E-state index contributed by atoms with van der Waals surface area (Å²) in [6.07, 6.45) is 1.44. The van der Waals surface area contributed by atoms with E-state index in [1.807, 2.05) is 5.06 Å². The van der Waals surface area contributed by atoms with Gasteiger partial charge in [0.15, 0.2) is 0 Å². The van der Waals surface area contributed by atoms with Crippen LogP contribution in [0, 0.1) is 0 Å². The minimum Gasteiger partial charge on any atom is -0.462 e. The van der Waals surface area contributed by atoms with Crippen LogP contribution in [0.15, 0.2) is 0 Å². The minimum absolute atomic E-state index is 0.0535. The number of nitrogens with zero attached hydrogens (tertiary/aromatic N) is 1. The Morgan fingerprint density at radius 2 is 1.69 bits per heavy atom. The first-order valence-electron chi connectivity index (χ1n) is 5.48. The largest absolute Gasteiger partial charge is 0.462 e. The second-order valence-electron chi connectivity index (χ2n) is 5.64. The number of ether oxygens (including phenoxy) is 1. The predicted octanol–water partition coefficient (Wildman–Crippen LogP) is 2.35. The summed E-state index contributed by atoms with van der Waals surface area (Å²) in [6, 6.07) is 0. The van der Waals surface area contributed by atoms with Crippen LogP contribution in [-0.4, -0.2) is 28.2 Å². The highest BCUT2D eigenvalue weighted by atomic mass is 32.1. The van der Waals surface area contributed by atoms with Gasteiger partial charge in [0, 0.05) is 30.8 Å². The van der Waals surface area contributed by atoms with E-state index >= 15 is 0 Å². The lowest BCUT2D eigenvalue weighted by Gasteiger charge is -2.52. The van der Waals surface area contributed by atoms with E-state index in [4.69, 9.17) is 9.02 Å². The van der Waals surface area contributed by atoms with Crippen molar-refractivity contribution in [3.63, 3.8) is 0 Å². The van der Waals surface area contributed by atoms with Crippen molar-refractivity contribution in [3.05, 3.63) is 0 Å². The molecule has 0 saturated carbocycles. The van der Waals surface area contributed by atoms with Gasteiger partial charge in [-0.1, -0.05) is 0 Å². The molecule has 16 heavy (non-hydrogen) atoms. The molecule has 1 saturated heterocycles. The number of hydrogen-bond donors (Lipinski definition) is 1. The second-order valence-corrected chi connectivity index (χ2v) is 5.80. The maximum atomic E-state index is 11.0. The summed E-state index contributed by atoms with van der Waals surface area (Å²) in [7, 11) is 0. The van der Waals surface area contributed by atoms with Crippen LogP contribution >= 0.6 is 12.9 Å². The van der Waals surface area contributed by atoms with Crippen LogP contribution in [-0.2, 0) is 13.8 Å². The van der Waals surface area contributed by atoms with Gasteiger partial charge in [-0.05, 0) is 40.6 Å². The monoisotopic (exact) mass is 247 g/mol. The fraction of sp³-hybridized carbons (Fsp3) is 0.909. The molecule has 0 aromatic heterocycles. The summed E-state index contributed by atoms with van der Waals surface area (Å²) in [6.45, 7) is 9.67. The first-order chi connectivity index (χ1) is 7.19. The third kappa shape index (κ3) is 2.90. The molecule has 1 aliphatic rings. The second kappa shape index (κ2) is 4.55. The lowest BCUT2D eigenvalue weighted by Crippen LogP contribution is -2.61. The van der Waals surface area contributed by atoms with E-state index in [9.17, 15) is 4.79 Å². The van der Waals surface area contributed by atoms with Gasteiger partial charge in [0.1, 0.15) is 6.10 Å². The molecule has 1 fully saturated rings. The number of hydrogen-bond acceptors (Lipinski definition) is 5. The maximum absolute atomic E-state index is 11.0. The molecular formula is C11H21NO3S. The van der Waals surface area contributed by atoms with E-state index in [0.29, 0.717) is 0 Å². The summed E-state index contributed by atoms with van der Waals surface area (Å²) < 4.78 is 10.5. The van der Waals surface area contributed by atoms with Gasteiger partial charge in [0.05, 0.1) is 0 Å². The van der Waals surface area contributed by atoms with Crippen molar-refractivity contribution in [2.75, 3.05) is 0 Å². The average Bonchev–Trinajstić information content (AvgIpc) is 1.97. The molecule has 0 radical (unpaired) electrons. The Balaban J connectivity index is 2.84. The van der Waals surface area contributed by atoms with Crippen LogP contribution < -0.4 is 0 Å². The number of hydroxylamine groups is 2. The molecular weight excluding hydrogens is 226 g/mol. The summed E-state index contributed by atoms with van der Waals surface area (Å²) in [5, 5.41) is 1.86. The maximum Gasteiger partial charge on any atom is 0.302 e. The summed E-state index contributed by atoms with van der Waals surface area (Å²) >= 11 is 3.91. The van der Waals surface area contributed by atoms with E-state index in [2.05, 4.69) is 40.6 Å². The fourth-order valence-electron chi connectivity index (χ4n) is 2.71. The molecule has 0 spiro atoms. The number of carbonyl (C=O) groups is 1. The minimum atomic E-state index is -0.225. The van der Waals surface area contributed by atoms with Crippen molar-refractivity contribution in [1.29, 1.82) is 0 Å². The first kappa shape index (κ1) is 13.8. The quantitative estimate of drug-likeness (QED) is 0.462. The van der Waals surface area contributed by atoms with Crippen molar-refractivity contribution in [2.24, 2.45) is 0 Å². The van der Waals surface area contributed by atoms with Crippen LogP contribution in [0.5, 0.6) is 0 Å². The number of carbonyl (C=O) groups excluding carboxylic acids is 1. The molecule has 0 aromatic carbocycles. The van der Waals surface area contributed by atoms with E-state index in [0.717, 1.165) is 12.8 Å². The highest BCUT2D eigenvalue weighted by molar-refractivity contribution is 7.75. The SMILES string of the molecule is CC(=O)OC1CC(C)(C)N(OS)C(C)(C)C1.